The molecule has 1 fully saturated rings. The number of amides is 1. The quantitative estimate of drug-likeness (QED) is 0.429. The lowest BCUT2D eigenvalue weighted by Gasteiger charge is -2.49. The molecule has 0 saturated carbocycles. The summed E-state index contributed by atoms with van der Waals surface area (Å²) in [5.41, 5.74) is 3.80. The van der Waals surface area contributed by atoms with Gasteiger partial charge in [-0.25, -0.2) is 0 Å². The molecule has 2 aliphatic rings. The summed E-state index contributed by atoms with van der Waals surface area (Å²) < 4.78 is 5.29. The minimum Gasteiger partial charge on any atom is -0.497 e. The molecule has 1 amide bonds. The van der Waals surface area contributed by atoms with Crippen molar-refractivity contribution in [2.24, 2.45) is 5.92 Å². The topological polar surface area (TPSA) is 87.9 Å². The summed E-state index contributed by atoms with van der Waals surface area (Å²) in [7, 11) is 1.59. The number of nitrogens with zero attached hydrogens (tertiary/aromatic N) is 3. The van der Waals surface area contributed by atoms with Crippen molar-refractivity contribution >= 4 is 23.0 Å². The second kappa shape index (κ2) is 9.76. The van der Waals surface area contributed by atoms with Gasteiger partial charge in [0.15, 0.2) is 0 Å². The number of nitrogens with one attached hydrogen (secondary N) is 1. The lowest BCUT2D eigenvalue weighted by Crippen LogP contribution is -2.60. The van der Waals surface area contributed by atoms with Crippen molar-refractivity contribution < 1.29 is 14.5 Å². The highest BCUT2D eigenvalue weighted by atomic mass is 16.6. The van der Waals surface area contributed by atoms with Gasteiger partial charge in [0.25, 0.3) is 5.69 Å². The Bertz CT molecular complexity index is 1230. The van der Waals surface area contributed by atoms with E-state index in [0.29, 0.717) is 17.9 Å². The van der Waals surface area contributed by atoms with Crippen LogP contribution in [0.3, 0.4) is 0 Å². The van der Waals surface area contributed by atoms with Crippen molar-refractivity contribution in [1.82, 2.24) is 4.90 Å². The smallest absolute Gasteiger partial charge is 0.269 e. The van der Waals surface area contributed by atoms with Crippen LogP contribution in [0, 0.1) is 16.0 Å². The molecule has 2 aliphatic heterocycles. The van der Waals surface area contributed by atoms with Gasteiger partial charge < -0.3 is 15.0 Å². The van der Waals surface area contributed by atoms with E-state index >= 15 is 0 Å². The van der Waals surface area contributed by atoms with Crippen LogP contribution in [0.5, 0.6) is 5.75 Å². The van der Waals surface area contributed by atoms with Crippen LogP contribution >= 0.6 is 0 Å². The first-order valence-electron chi connectivity index (χ1n) is 11.8. The van der Waals surface area contributed by atoms with Gasteiger partial charge in [-0.05, 0) is 35.7 Å². The molecule has 2 atom stereocenters. The number of carbonyl (C=O) groups is 1. The molecule has 35 heavy (non-hydrogen) atoms. The summed E-state index contributed by atoms with van der Waals surface area (Å²) in [6, 6.07) is 22.6. The fraction of sp³-hybridized carbons (Fsp3) is 0.296. The molecule has 0 aliphatic carbocycles. The molecule has 2 unspecified atom stereocenters. The summed E-state index contributed by atoms with van der Waals surface area (Å²) >= 11 is 0. The van der Waals surface area contributed by atoms with Crippen LogP contribution < -0.4 is 15.0 Å². The number of hydrogen-bond acceptors (Lipinski definition) is 6. The molecule has 1 N–H and O–H groups in total. The molecule has 0 aromatic heterocycles. The second-order valence-corrected chi connectivity index (χ2v) is 9.08. The molecule has 5 rings (SSSR count). The van der Waals surface area contributed by atoms with E-state index in [9.17, 15) is 14.9 Å². The Morgan fingerprint density at radius 3 is 2.69 bits per heavy atom. The predicted octanol–water partition coefficient (Wildman–Crippen LogP) is 4.11. The number of methoxy groups -OCH3 is 1. The largest absolute Gasteiger partial charge is 0.497 e. The summed E-state index contributed by atoms with van der Waals surface area (Å²) in [6.07, 6.45) is 0.452. The number of piperazine rings is 1. The molecule has 0 spiro atoms. The zero-order valence-electron chi connectivity index (χ0n) is 19.6. The minimum absolute atomic E-state index is 0.0352. The molecule has 1 saturated heterocycles. The SMILES string of the molecule is COc1cccc(NC(=O)C2Cc3cc([N+](=O)[O-])ccc3N3CCN(Cc4ccccc4)CC23)c1. The van der Waals surface area contributed by atoms with Crippen LogP contribution in [-0.2, 0) is 17.8 Å². The van der Waals surface area contributed by atoms with Crippen molar-refractivity contribution in [2.75, 3.05) is 37.0 Å². The van der Waals surface area contributed by atoms with Gasteiger partial charge in [-0.2, -0.15) is 0 Å². The van der Waals surface area contributed by atoms with Crippen LogP contribution in [0.2, 0.25) is 0 Å². The highest BCUT2D eigenvalue weighted by Crippen LogP contribution is 2.38. The van der Waals surface area contributed by atoms with E-state index in [1.54, 1.807) is 25.3 Å². The maximum Gasteiger partial charge on any atom is 0.269 e. The third-order valence-electron chi connectivity index (χ3n) is 6.91. The van der Waals surface area contributed by atoms with Crippen molar-refractivity contribution in [3.8, 4) is 5.75 Å². The summed E-state index contributed by atoms with van der Waals surface area (Å²) in [5.74, 6) is 0.224. The molecule has 8 nitrogen and oxygen atoms in total. The molecular formula is C27H28N4O4. The summed E-state index contributed by atoms with van der Waals surface area (Å²) in [6.45, 7) is 3.17. The monoisotopic (exact) mass is 472 g/mol. The molecule has 180 valence electrons. The Morgan fingerprint density at radius 1 is 1.09 bits per heavy atom. The lowest BCUT2D eigenvalue weighted by atomic mass is 9.83. The molecule has 3 aromatic carbocycles. The van der Waals surface area contributed by atoms with Gasteiger partial charge in [0.2, 0.25) is 5.91 Å². The Balaban J connectivity index is 1.43. The van der Waals surface area contributed by atoms with E-state index in [-0.39, 0.29) is 28.5 Å². The highest BCUT2D eigenvalue weighted by Gasteiger charge is 2.42. The van der Waals surface area contributed by atoms with Crippen molar-refractivity contribution in [2.45, 2.75) is 19.0 Å². The van der Waals surface area contributed by atoms with Crippen LogP contribution in [0.4, 0.5) is 17.1 Å². The number of nitro benzene ring substituents is 1. The Labute approximate surface area is 204 Å². The zero-order chi connectivity index (χ0) is 24.4. The Hall–Kier alpha value is -3.91. The highest BCUT2D eigenvalue weighted by molar-refractivity contribution is 5.94. The molecular weight excluding hydrogens is 444 g/mol. The maximum absolute atomic E-state index is 13.6. The molecule has 3 aromatic rings. The van der Waals surface area contributed by atoms with E-state index < -0.39 is 0 Å². The summed E-state index contributed by atoms with van der Waals surface area (Å²) in [4.78, 5) is 29.3. The Morgan fingerprint density at radius 2 is 1.91 bits per heavy atom. The number of fused-ring (bicyclic) bond motifs is 3. The van der Waals surface area contributed by atoms with E-state index in [1.165, 1.54) is 5.56 Å². The lowest BCUT2D eigenvalue weighted by molar-refractivity contribution is -0.384. The van der Waals surface area contributed by atoms with Gasteiger partial charge >= 0.3 is 0 Å². The third-order valence-corrected chi connectivity index (χ3v) is 6.91. The number of hydrogen-bond donors (Lipinski definition) is 1. The maximum atomic E-state index is 13.6. The normalized spacial score (nSPS) is 19.4. The number of ether oxygens (including phenoxy) is 1. The number of nitro groups is 1. The van der Waals surface area contributed by atoms with E-state index in [4.69, 9.17) is 4.74 Å². The van der Waals surface area contributed by atoms with Crippen LogP contribution in [0.1, 0.15) is 11.1 Å². The van der Waals surface area contributed by atoms with Crippen molar-refractivity contribution in [3.05, 3.63) is 94.0 Å². The number of benzene rings is 3. The van der Waals surface area contributed by atoms with E-state index in [0.717, 1.165) is 37.4 Å². The average molecular weight is 473 g/mol. The van der Waals surface area contributed by atoms with Crippen LogP contribution in [0.15, 0.2) is 72.8 Å². The number of anilines is 2. The van der Waals surface area contributed by atoms with Crippen molar-refractivity contribution in [3.63, 3.8) is 0 Å². The minimum atomic E-state index is -0.379. The van der Waals surface area contributed by atoms with Crippen LogP contribution in [0.25, 0.3) is 0 Å². The third kappa shape index (κ3) is 4.83. The van der Waals surface area contributed by atoms with Gasteiger partial charge in [-0.15, -0.1) is 0 Å². The first-order chi connectivity index (χ1) is 17.0. The van der Waals surface area contributed by atoms with Gasteiger partial charge in [0.05, 0.1) is 24.0 Å². The van der Waals surface area contributed by atoms with Gasteiger partial charge in [0.1, 0.15) is 5.75 Å². The predicted molar refractivity (Wildman–Crippen MR) is 135 cm³/mol. The Kier molecular flexibility index (Phi) is 6.37. The standard InChI is InChI=1S/C27H28N4O4/c1-35-23-9-5-8-21(16-23)28-27(32)24-15-20-14-22(31(33)34)10-11-25(20)30-13-12-29(18-26(24)30)17-19-6-3-2-4-7-19/h2-11,14,16,24,26H,12-13,15,17-18H2,1H3,(H,28,32). The fourth-order valence-corrected chi connectivity index (χ4v) is 5.20. The summed E-state index contributed by atoms with van der Waals surface area (Å²) in [5, 5.41) is 14.5. The van der Waals surface area contributed by atoms with Gasteiger partial charge in [0, 0.05) is 55.8 Å². The van der Waals surface area contributed by atoms with Gasteiger partial charge in [-0.3, -0.25) is 19.8 Å². The number of non-ortho nitro benzene ring substituents is 1. The first-order valence-corrected chi connectivity index (χ1v) is 11.8. The van der Waals surface area contributed by atoms with E-state index in [1.807, 2.05) is 42.5 Å². The molecule has 2 heterocycles. The van der Waals surface area contributed by atoms with Crippen LogP contribution in [-0.4, -0.2) is 48.5 Å². The second-order valence-electron chi connectivity index (χ2n) is 9.08. The molecule has 0 radical (unpaired) electrons. The first kappa shape index (κ1) is 22.9. The van der Waals surface area contributed by atoms with Crippen molar-refractivity contribution in [1.29, 1.82) is 0 Å². The molecule has 0 bridgehead atoms. The van der Waals surface area contributed by atoms with Gasteiger partial charge in [-0.1, -0.05) is 36.4 Å². The number of rotatable bonds is 6. The zero-order valence-corrected chi connectivity index (χ0v) is 19.6. The average Bonchev–Trinajstić information content (AvgIpc) is 2.88. The molecule has 8 heteroatoms. The fourth-order valence-electron chi connectivity index (χ4n) is 5.20. The van der Waals surface area contributed by atoms with E-state index in [2.05, 4.69) is 27.2 Å². The number of carbonyl (C=O) groups excluding carboxylic acids is 1.